The summed E-state index contributed by atoms with van der Waals surface area (Å²) in [6, 6.07) is 67.9. The predicted molar refractivity (Wildman–Crippen MR) is 193 cm³/mol. The fraction of sp³-hybridized carbons (Fsp3) is 0. The van der Waals surface area contributed by atoms with Crippen molar-refractivity contribution in [3.05, 3.63) is 194 Å². The van der Waals surface area contributed by atoms with Crippen molar-refractivity contribution in [3.63, 3.8) is 0 Å². The van der Waals surface area contributed by atoms with E-state index in [9.17, 15) is 0 Å². The molecule has 0 unspecified atom stereocenters. The number of fused-ring (bicyclic) bond motifs is 8. The van der Waals surface area contributed by atoms with Crippen molar-refractivity contribution >= 4 is 64.6 Å². The first kappa shape index (κ1) is 29.9. The van der Waals surface area contributed by atoms with Gasteiger partial charge in [-0.15, -0.1) is 139 Å². The van der Waals surface area contributed by atoms with E-state index in [-0.39, 0.29) is 17.4 Å². The molecule has 0 radical (unpaired) electrons. The summed E-state index contributed by atoms with van der Waals surface area (Å²) in [5, 5.41) is 16.1. The third-order valence-electron chi connectivity index (χ3n) is 8.14. The standard InChI is InChI=1S/2C13H9.2C9H7.Cr/c2*1-3-7-12-10(5-1)9-11-6-2-4-8-13(11)12;2*1-2-5-9-7-3-6-8(9)4-1;/h2*1-9H;2*1-7H;/q4*-1;+4. The monoisotopic (exact) mass is 612 g/mol. The second-order valence-corrected chi connectivity index (χ2v) is 10.9. The molecule has 214 valence electrons. The Labute approximate surface area is 275 Å². The molecule has 0 aliphatic heterocycles. The van der Waals surface area contributed by atoms with Crippen LogP contribution in [0.2, 0.25) is 0 Å². The molecule has 10 aromatic rings. The van der Waals surface area contributed by atoms with E-state index in [1.54, 1.807) is 0 Å². The van der Waals surface area contributed by atoms with Crippen molar-refractivity contribution in [2.24, 2.45) is 0 Å². The average Bonchev–Trinajstić information content (AvgIpc) is 3.90. The van der Waals surface area contributed by atoms with E-state index in [1.165, 1.54) is 64.6 Å². The number of rotatable bonds is 0. The zero-order valence-electron chi connectivity index (χ0n) is 24.9. The van der Waals surface area contributed by atoms with Crippen LogP contribution in [0.4, 0.5) is 0 Å². The summed E-state index contributed by atoms with van der Waals surface area (Å²) in [6.45, 7) is 0. The summed E-state index contributed by atoms with van der Waals surface area (Å²) in [5.74, 6) is 0. The van der Waals surface area contributed by atoms with Crippen LogP contribution < -0.4 is 0 Å². The summed E-state index contributed by atoms with van der Waals surface area (Å²) in [4.78, 5) is 0. The third-order valence-corrected chi connectivity index (χ3v) is 8.14. The topological polar surface area (TPSA) is 0 Å². The van der Waals surface area contributed by atoms with E-state index in [2.05, 4.69) is 194 Å². The van der Waals surface area contributed by atoms with Gasteiger partial charge in [0.2, 0.25) is 0 Å². The van der Waals surface area contributed by atoms with E-state index in [0.29, 0.717) is 0 Å². The van der Waals surface area contributed by atoms with E-state index >= 15 is 0 Å². The minimum Gasteiger partial charge on any atom is -0.168 e. The molecule has 0 saturated carbocycles. The number of benzene rings is 6. The Balaban J connectivity index is 0.000000107. The van der Waals surface area contributed by atoms with Crippen molar-refractivity contribution in [1.82, 2.24) is 0 Å². The molecule has 0 bridgehead atoms. The van der Waals surface area contributed by atoms with Crippen LogP contribution in [0, 0.1) is 0 Å². The molecule has 0 N–H and O–H groups in total. The van der Waals surface area contributed by atoms with Crippen molar-refractivity contribution in [2.75, 3.05) is 0 Å². The smallest absolute Gasteiger partial charge is 0.168 e. The molecule has 10 aromatic carbocycles. The molecule has 0 aromatic heterocycles. The van der Waals surface area contributed by atoms with Gasteiger partial charge in [-0.1, -0.05) is 84.9 Å². The third kappa shape index (κ3) is 6.67. The molecule has 0 fully saturated rings. The number of hydrogen-bond acceptors (Lipinski definition) is 0. The second kappa shape index (κ2) is 14.1. The van der Waals surface area contributed by atoms with Gasteiger partial charge < -0.3 is 0 Å². The Kier molecular flexibility index (Phi) is 9.33. The SMILES string of the molecule is [Cr+4].c1ccc2[cH-]ccc2c1.c1ccc2[cH-]ccc2c1.c1ccc2c(c1)[cH-]c1ccccc12.c1ccc2c(c1)[cH-]c1ccccc12. The maximum Gasteiger partial charge on any atom is 4.00 e. The van der Waals surface area contributed by atoms with Crippen LogP contribution >= 0.6 is 0 Å². The summed E-state index contributed by atoms with van der Waals surface area (Å²) < 4.78 is 0. The largest absolute Gasteiger partial charge is 4.00 e. The fourth-order valence-electron chi connectivity index (χ4n) is 5.95. The number of hydrogen-bond donors (Lipinski definition) is 0. The van der Waals surface area contributed by atoms with E-state index < -0.39 is 0 Å². The Bertz CT molecular complexity index is 2070. The molecular weight excluding hydrogens is 580 g/mol. The molecule has 0 heterocycles. The van der Waals surface area contributed by atoms with Crippen LogP contribution in [0.25, 0.3) is 64.6 Å². The van der Waals surface area contributed by atoms with Gasteiger partial charge in [0, 0.05) is 0 Å². The van der Waals surface area contributed by atoms with Crippen molar-refractivity contribution in [2.45, 2.75) is 0 Å². The first-order valence-corrected chi connectivity index (χ1v) is 15.1. The Morgan fingerprint density at radius 1 is 0.267 bits per heavy atom. The molecule has 10 rings (SSSR count). The first-order valence-electron chi connectivity index (χ1n) is 15.1. The Hall–Kier alpha value is -5.19. The van der Waals surface area contributed by atoms with Crippen LogP contribution in [-0.2, 0) is 17.4 Å². The van der Waals surface area contributed by atoms with Gasteiger partial charge in [-0.05, 0) is 0 Å². The summed E-state index contributed by atoms with van der Waals surface area (Å²) >= 11 is 0. The van der Waals surface area contributed by atoms with E-state index in [0.717, 1.165) is 0 Å². The van der Waals surface area contributed by atoms with Gasteiger partial charge in [0.1, 0.15) is 0 Å². The zero-order valence-corrected chi connectivity index (χ0v) is 26.2. The van der Waals surface area contributed by atoms with E-state index in [4.69, 9.17) is 0 Å². The van der Waals surface area contributed by atoms with Gasteiger partial charge in [0.15, 0.2) is 0 Å². The van der Waals surface area contributed by atoms with Crippen LogP contribution in [0.1, 0.15) is 0 Å². The van der Waals surface area contributed by atoms with Crippen molar-refractivity contribution < 1.29 is 17.4 Å². The van der Waals surface area contributed by atoms with E-state index in [1.807, 2.05) is 0 Å². The Morgan fingerprint density at radius 3 is 0.844 bits per heavy atom. The van der Waals surface area contributed by atoms with Gasteiger partial charge in [0.05, 0.1) is 0 Å². The van der Waals surface area contributed by atoms with Crippen LogP contribution in [0.3, 0.4) is 0 Å². The van der Waals surface area contributed by atoms with Crippen molar-refractivity contribution in [3.8, 4) is 0 Å². The normalized spacial score (nSPS) is 10.5. The quantitative estimate of drug-likeness (QED) is 0.149. The molecule has 0 aliphatic rings. The Morgan fingerprint density at radius 2 is 0.533 bits per heavy atom. The van der Waals surface area contributed by atoms with Crippen LogP contribution in [0.15, 0.2) is 194 Å². The summed E-state index contributed by atoms with van der Waals surface area (Å²) in [6.07, 6.45) is 0. The first-order chi connectivity index (χ1) is 21.8. The average molecular weight is 613 g/mol. The maximum atomic E-state index is 2.24. The molecule has 0 saturated heterocycles. The van der Waals surface area contributed by atoms with Gasteiger partial charge >= 0.3 is 17.4 Å². The van der Waals surface area contributed by atoms with Gasteiger partial charge in [-0.2, -0.15) is 35.0 Å². The molecule has 0 aliphatic carbocycles. The maximum absolute atomic E-state index is 2.24. The molecule has 0 atom stereocenters. The predicted octanol–water partition coefficient (Wildman–Crippen LogP) is 12.5. The van der Waals surface area contributed by atoms with Crippen LogP contribution in [-0.4, -0.2) is 0 Å². The summed E-state index contributed by atoms with van der Waals surface area (Å²) in [7, 11) is 0. The second-order valence-electron chi connectivity index (χ2n) is 10.9. The van der Waals surface area contributed by atoms with Gasteiger partial charge in [-0.3, -0.25) is 0 Å². The minimum atomic E-state index is 0. The fourth-order valence-corrected chi connectivity index (χ4v) is 5.95. The molecule has 0 spiro atoms. The van der Waals surface area contributed by atoms with Crippen molar-refractivity contribution in [1.29, 1.82) is 0 Å². The summed E-state index contributed by atoms with van der Waals surface area (Å²) in [5.41, 5.74) is 0. The molecule has 0 nitrogen and oxygen atoms in total. The van der Waals surface area contributed by atoms with Gasteiger partial charge in [-0.25, -0.2) is 0 Å². The molecule has 1 heteroatoms. The van der Waals surface area contributed by atoms with Crippen LogP contribution in [0.5, 0.6) is 0 Å². The zero-order chi connectivity index (χ0) is 29.6. The van der Waals surface area contributed by atoms with Gasteiger partial charge in [0.25, 0.3) is 0 Å². The minimum absolute atomic E-state index is 0. The molecule has 0 amide bonds. The molecular formula is C44H32Cr. The molecule has 45 heavy (non-hydrogen) atoms.